The summed E-state index contributed by atoms with van der Waals surface area (Å²) in [5.74, 6) is -12.5. The average Bonchev–Trinajstić information content (AvgIpc) is 2.57. The molecular weight excluding hydrogens is 390 g/mol. The van der Waals surface area contributed by atoms with E-state index in [9.17, 15) is 26.7 Å². The summed E-state index contributed by atoms with van der Waals surface area (Å²) in [7, 11) is 0. The number of hydrogen-bond donors (Lipinski definition) is 1. The van der Waals surface area contributed by atoms with Crippen LogP contribution in [-0.4, -0.2) is 19.0 Å². The van der Waals surface area contributed by atoms with Crippen molar-refractivity contribution in [2.45, 2.75) is 0 Å². The lowest BCUT2D eigenvalue weighted by molar-refractivity contribution is 0.0976. The molecule has 2 aromatic carbocycles. The summed E-state index contributed by atoms with van der Waals surface area (Å²) in [6, 6.07) is 5.49. The predicted molar refractivity (Wildman–Crippen MR) is 85.7 cm³/mol. The maximum absolute atomic E-state index is 13.8. The summed E-state index contributed by atoms with van der Waals surface area (Å²) in [5, 5.41) is 0.329. The Labute approximate surface area is 150 Å². The molecule has 0 bridgehead atoms. The molecule has 0 saturated carbocycles. The van der Waals surface area contributed by atoms with Crippen LogP contribution in [0.2, 0.25) is 5.02 Å². The van der Waals surface area contributed by atoms with Crippen molar-refractivity contribution < 1.29 is 26.7 Å². The zero-order valence-electron chi connectivity index (χ0n) is 12.3. The van der Waals surface area contributed by atoms with Gasteiger partial charge in [-0.1, -0.05) is 11.6 Å². The average molecular weight is 401 g/mol. The third-order valence-corrected chi connectivity index (χ3v) is 3.41. The van der Waals surface area contributed by atoms with Crippen molar-refractivity contribution in [3.63, 3.8) is 0 Å². The third-order valence-electron chi connectivity index (χ3n) is 3.16. The molecule has 0 aliphatic rings. The van der Waals surface area contributed by atoms with Crippen LogP contribution in [0.15, 0.2) is 24.3 Å². The summed E-state index contributed by atoms with van der Waals surface area (Å²) in [6.45, 7) is -0.316. The minimum absolute atomic E-state index is 0. The first-order chi connectivity index (χ1) is 11.3. The Bertz CT molecular complexity index is 757. The highest BCUT2D eigenvalue weighted by atomic mass is 35.5. The quantitative estimate of drug-likeness (QED) is 0.477. The van der Waals surface area contributed by atoms with Crippen LogP contribution in [0.1, 0.15) is 10.4 Å². The molecule has 2 aromatic rings. The Morgan fingerprint density at radius 3 is 1.80 bits per heavy atom. The normalized spacial score (nSPS) is 10.4. The lowest BCUT2D eigenvalue weighted by Gasteiger charge is -2.23. The second kappa shape index (κ2) is 8.46. The Hall–Kier alpha value is -1.90. The highest BCUT2D eigenvalue weighted by Crippen LogP contribution is 2.26. The summed E-state index contributed by atoms with van der Waals surface area (Å²) < 4.78 is 67.3. The molecule has 0 aliphatic heterocycles. The fraction of sp³-hybridized carbons (Fsp3) is 0.133. The van der Waals surface area contributed by atoms with E-state index in [-0.39, 0.29) is 31.2 Å². The van der Waals surface area contributed by atoms with Crippen LogP contribution in [0.5, 0.6) is 0 Å². The molecule has 0 atom stereocenters. The number of anilines is 1. The summed E-state index contributed by atoms with van der Waals surface area (Å²) in [6.07, 6.45) is 0. The number of halogens is 7. The van der Waals surface area contributed by atoms with E-state index >= 15 is 0 Å². The van der Waals surface area contributed by atoms with Crippen molar-refractivity contribution in [2.24, 2.45) is 5.73 Å². The first-order valence-corrected chi connectivity index (χ1v) is 6.96. The van der Waals surface area contributed by atoms with Crippen molar-refractivity contribution in [3.05, 3.63) is 63.9 Å². The number of hydrogen-bond acceptors (Lipinski definition) is 2. The fourth-order valence-corrected chi connectivity index (χ4v) is 2.15. The number of amides is 1. The zero-order valence-corrected chi connectivity index (χ0v) is 13.9. The summed E-state index contributed by atoms with van der Waals surface area (Å²) >= 11 is 5.71. The highest BCUT2D eigenvalue weighted by molar-refractivity contribution is 6.30. The van der Waals surface area contributed by atoms with Crippen LogP contribution < -0.4 is 10.6 Å². The SMILES string of the molecule is Cl.NCCN(C(=O)c1c(F)c(F)c(F)c(F)c1F)c1ccc(Cl)cc1. The van der Waals surface area contributed by atoms with Crippen LogP contribution in [0.25, 0.3) is 0 Å². The van der Waals surface area contributed by atoms with Gasteiger partial charge in [0.15, 0.2) is 23.3 Å². The molecule has 0 saturated heterocycles. The van der Waals surface area contributed by atoms with Gasteiger partial charge < -0.3 is 10.6 Å². The maximum atomic E-state index is 13.8. The zero-order chi connectivity index (χ0) is 18.0. The third kappa shape index (κ3) is 4.02. The molecule has 0 aromatic heterocycles. The van der Waals surface area contributed by atoms with Crippen LogP contribution in [0, 0.1) is 29.1 Å². The van der Waals surface area contributed by atoms with Crippen LogP contribution >= 0.6 is 24.0 Å². The van der Waals surface area contributed by atoms with Gasteiger partial charge in [0.05, 0.1) is 0 Å². The Morgan fingerprint density at radius 1 is 0.920 bits per heavy atom. The van der Waals surface area contributed by atoms with E-state index in [2.05, 4.69) is 0 Å². The molecule has 2 rings (SSSR count). The van der Waals surface area contributed by atoms with Gasteiger partial charge in [-0.2, -0.15) is 0 Å². The fourth-order valence-electron chi connectivity index (χ4n) is 2.03. The molecule has 0 radical (unpaired) electrons. The van der Waals surface area contributed by atoms with E-state index in [1.807, 2.05) is 0 Å². The molecule has 3 nitrogen and oxygen atoms in total. The van der Waals surface area contributed by atoms with Crippen molar-refractivity contribution in [1.29, 1.82) is 0 Å². The largest absolute Gasteiger partial charge is 0.329 e. The Kier molecular flexibility index (Phi) is 7.16. The molecule has 0 unspecified atom stereocenters. The lowest BCUT2D eigenvalue weighted by atomic mass is 10.1. The van der Waals surface area contributed by atoms with E-state index < -0.39 is 40.6 Å². The van der Waals surface area contributed by atoms with Gasteiger partial charge in [-0.15, -0.1) is 12.4 Å². The van der Waals surface area contributed by atoms with Crippen LogP contribution in [0.3, 0.4) is 0 Å². The molecule has 1 amide bonds. The second-order valence-corrected chi connectivity index (χ2v) is 5.10. The van der Waals surface area contributed by atoms with Crippen molar-refractivity contribution in [3.8, 4) is 0 Å². The van der Waals surface area contributed by atoms with Gasteiger partial charge in [0, 0.05) is 23.8 Å². The van der Waals surface area contributed by atoms with Gasteiger partial charge in [0.25, 0.3) is 5.91 Å². The van der Waals surface area contributed by atoms with Crippen molar-refractivity contribution in [1.82, 2.24) is 0 Å². The molecule has 2 N–H and O–H groups in total. The first-order valence-electron chi connectivity index (χ1n) is 6.58. The number of nitrogens with zero attached hydrogens (tertiary/aromatic N) is 1. The smallest absolute Gasteiger partial charge is 0.264 e. The second-order valence-electron chi connectivity index (χ2n) is 4.67. The van der Waals surface area contributed by atoms with E-state index in [4.69, 9.17) is 17.3 Å². The number of benzene rings is 2. The van der Waals surface area contributed by atoms with Gasteiger partial charge in [-0.3, -0.25) is 4.79 Å². The number of nitrogens with two attached hydrogens (primary N) is 1. The van der Waals surface area contributed by atoms with Gasteiger partial charge in [-0.25, -0.2) is 22.0 Å². The molecule has 0 heterocycles. The minimum Gasteiger partial charge on any atom is -0.329 e. The molecule has 0 fully saturated rings. The van der Waals surface area contributed by atoms with E-state index in [1.54, 1.807) is 0 Å². The molecule has 25 heavy (non-hydrogen) atoms. The number of rotatable bonds is 4. The summed E-state index contributed by atoms with van der Waals surface area (Å²) in [5.41, 5.74) is 3.95. The topological polar surface area (TPSA) is 46.3 Å². The Balaban J connectivity index is 0.00000312. The predicted octanol–water partition coefficient (Wildman–Crippen LogP) is 4.06. The van der Waals surface area contributed by atoms with E-state index in [1.165, 1.54) is 24.3 Å². The van der Waals surface area contributed by atoms with E-state index in [0.29, 0.717) is 5.02 Å². The van der Waals surface area contributed by atoms with Gasteiger partial charge in [0.2, 0.25) is 5.82 Å². The minimum atomic E-state index is -2.33. The highest BCUT2D eigenvalue weighted by Gasteiger charge is 2.32. The van der Waals surface area contributed by atoms with Gasteiger partial charge in [0.1, 0.15) is 5.56 Å². The van der Waals surface area contributed by atoms with Crippen molar-refractivity contribution in [2.75, 3.05) is 18.0 Å². The molecule has 136 valence electrons. The monoisotopic (exact) mass is 400 g/mol. The molecule has 0 aliphatic carbocycles. The number of carbonyl (C=O) groups is 1. The van der Waals surface area contributed by atoms with E-state index in [0.717, 1.165) is 4.90 Å². The van der Waals surface area contributed by atoms with Gasteiger partial charge in [-0.05, 0) is 24.3 Å². The first kappa shape index (κ1) is 21.1. The van der Waals surface area contributed by atoms with Gasteiger partial charge >= 0.3 is 0 Å². The maximum Gasteiger partial charge on any atom is 0.264 e. The summed E-state index contributed by atoms with van der Waals surface area (Å²) in [4.78, 5) is 13.2. The molecule has 10 heteroatoms. The molecule has 0 spiro atoms. The van der Waals surface area contributed by atoms with Crippen molar-refractivity contribution >= 4 is 35.6 Å². The molecular formula is C15H11Cl2F5N2O. The lowest BCUT2D eigenvalue weighted by Crippen LogP contribution is -2.37. The Morgan fingerprint density at radius 2 is 1.36 bits per heavy atom. The standard InChI is InChI=1S/C15H10ClF5N2O.ClH/c16-7-1-3-8(4-2-7)23(6-5-22)15(24)9-10(17)12(19)14(21)13(20)11(9)18;/h1-4H,5-6,22H2;1H. The van der Waals surface area contributed by atoms with Crippen LogP contribution in [-0.2, 0) is 0 Å². The number of carbonyl (C=O) groups excluding carboxylic acids is 1. The van der Waals surface area contributed by atoms with Crippen LogP contribution in [0.4, 0.5) is 27.6 Å².